The van der Waals surface area contributed by atoms with Crippen LogP contribution in [0.3, 0.4) is 0 Å². The van der Waals surface area contributed by atoms with Gasteiger partial charge in [0.2, 0.25) is 0 Å². The predicted molar refractivity (Wildman–Crippen MR) is 70.5 cm³/mol. The SMILES string of the molecule is O=C(NCc1ccc(Br)cc1)c1[c]cc(F)cc1. The molecule has 0 unspecified atom stereocenters. The van der Waals surface area contributed by atoms with Gasteiger partial charge in [-0.1, -0.05) is 28.1 Å². The number of carbonyl (C=O) groups is 1. The molecule has 2 rings (SSSR count). The molecule has 0 spiro atoms. The standard InChI is InChI=1S/C14H10BrFNO/c15-12-5-1-10(2-6-12)9-17-14(18)11-3-7-13(16)8-4-11/h1-3,5-8H,9H2,(H,17,18). The molecular weight excluding hydrogens is 297 g/mol. The Morgan fingerprint density at radius 3 is 2.56 bits per heavy atom. The quantitative estimate of drug-likeness (QED) is 0.926. The van der Waals surface area contributed by atoms with Crippen molar-refractivity contribution < 1.29 is 9.18 Å². The van der Waals surface area contributed by atoms with Crippen LogP contribution >= 0.6 is 15.9 Å². The average Bonchev–Trinajstić information content (AvgIpc) is 2.38. The Kier molecular flexibility index (Phi) is 4.10. The number of benzene rings is 2. The summed E-state index contributed by atoms with van der Waals surface area (Å²) in [7, 11) is 0. The highest BCUT2D eigenvalue weighted by Gasteiger charge is 2.05. The molecule has 2 aromatic rings. The molecule has 0 aromatic heterocycles. The second-order valence-corrected chi connectivity index (χ2v) is 4.65. The molecule has 1 radical (unpaired) electrons. The fourth-order valence-corrected chi connectivity index (χ4v) is 1.69. The zero-order chi connectivity index (χ0) is 13.0. The molecule has 0 atom stereocenters. The number of hydrogen-bond acceptors (Lipinski definition) is 1. The maximum atomic E-state index is 12.7. The largest absolute Gasteiger partial charge is 0.348 e. The molecule has 2 aromatic carbocycles. The van der Waals surface area contributed by atoms with Gasteiger partial charge in [-0.2, -0.15) is 0 Å². The van der Waals surface area contributed by atoms with E-state index in [9.17, 15) is 9.18 Å². The Labute approximate surface area is 113 Å². The second-order valence-electron chi connectivity index (χ2n) is 3.73. The van der Waals surface area contributed by atoms with Crippen LogP contribution in [0, 0.1) is 11.9 Å². The molecule has 91 valence electrons. The van der Waals surface area contributed by atoms with Crippen LogP contribution in [-0.4, -0.2) is 5.91 Å². The fraction of sp³-hybridized carbons (Fsp3) is 0.0714. The normalized spacial score (nSPS) is 10.1. The highest BCUT2D eigenvalue weighted by atomic mass is 79.9. The van der Waals surface area contributed by atoms with Crippen molar-refractivity contribution >= 4 is 21.8 Å². The highest BCUT2D eigenvalue weighted by Crippen LogP contribution is 2.10. The number of halogens is 2. The molecule has 0 aliphatic heterocycles. The van der Waals surface area contributed by atoms with Gasteiger partial charge in [-0.25, -0.2) is 4.39 Å². The Morgan fingerprint density at radius 1 is 1.22 bits per heavy atom. The van der Waals surface area contributed by atoms with Gasteiger partial charge in [0.25, 0.3) is 5.91 Å². The van der Waals surface area contributed by atoms with Crippen LogP contribution in [0.5, 0.6) is 0 Å². The number of carbonyl (C=O) groups excluding carboxylic acids is 1. The lowest BCUT2D eigenvalue weighted by atomic mass is 10.2. The zero-order valence-electron chi connectivity index (χ0n) is 9.41. The Morgan fingerprint density at radius 2 is 1.94 bits per heavy atom. The minimum atomic E-state index is -0.403. The van der Waals surface area contributed by atoms with Gasteiger partial charge in [0.15, 0.2) is 0 Å². The summed E-state index contributed by atoms with van der Waals surface area (Å²) in [5.41, 5.74) is 1.32. The number of amides is 1. The molecule has 0 aliphatic rings. The van der Waals surface area contributed by atoms with Crippen LogP contribution in [0.25, 0.3) is 0 Å². The maximum Gasteiger partial charge on any atom is 0.252 e. The van der Waals surface area contributed by atoms with Crippen LogP contribution < -0.4 is 5.32 Å². The number of rotatable bonds is 3. The molecule has 0 heterocycles. The van der Waals surface area contributed by atoms with E-state index in [1.165, 1.54) is 12.1 Å². The van der Waals surface area contributed by atoms with Crippen LogP contribution in [0.2, 0.25) is 0 Å². The van der Waals surface area contributed by atoms with Crippen molar-refractivity contribution in [1.29, 1.82) is 0 Å². The third-order valence-electron chi connectivity index (χ3n) is 2.39. The smallest absolute Gasteiger partial charge is 0.252 e. The van der Waals surface area contributed by atoms with Crippen molar-refractivity contribution in [3.63, 3.8) is 0 Å². The van der Waals surface area contributed by atoms with Crippen LogP contribution in [0.1, 0.15) is 15.9 Å². The molecule has 0 saturated heterocycles. The van der Waals surface area contributed by atoms with Crippen LogP contribution in [0.4, 0.5) is 4.39 Å². The molecule has 1 N–H and O–H groups in total. The van der Waals surface area contributed by atoms with E-state index < -0.39 is 5.82 Å². The first-order valence-electron chi connectivity index (χ1n) is 5.35. The third kappa shape index (κ3) is 3.40. The van der Waals surface area contributed by atoms with Gasteiger partial charge in [-0.3, -0.25) is 4.79 Å². The Bertz CT molecular complexity index is 537. The van der Waals surface area contributed by atoms with Crippen molar-refractivity contribution in [2.24, 2.45) is 0 Å². The topological polar surface area (TPSA) is 29.1 Å². The van der Waals surface area contributed by atoms with Gasteiger partial charge in [-0.15, -0.1) is 0 Å². The van der Waals surface area contributed by atoms with Crippen molar-refractivity contribution in [3.05, 3.63) is 69.9 Å². The second kappa shape index (κ2) is 5.78. The van der Waals surface area contributed by atoms with Gasteiger partial charge in [0, 0.05) is 16.6 Å². The van der Waals surface area contributed by atoms with E-state index in [-0.39, 0.29) is 5.91 Å². The highest BCUT2D eigenvalue weighted by molar-refractivity contribution is 9.10. The van der Waals surface area contributed by atoms with Crippen molar-refractivity contribution in [1.82, 2.24) is 5.32 Å². The Balaban J connectivity index is 1.96. The van der Waals surface area contributed by atoms with Gasteiger partial charge in [0.05, 0.1) is 0 Å². The molecule has 0 aliphatic carbocycles. The van der Waals surface area contributed by atoms with E-state index in [2.05, 4.69) is 27.3 Å². The Hall–Kier alpha value is -1.68. The summed E-state index contributed by atoms with van der Waals surface area (Å²) in [6.45, 7) is 0.428. The first-order chi connectivity index (χ1) is 8.65. The van der Waals surface area contributed by atoms with E-state index in [0.717, 1.165) is 16.1 Å². The molecule has 4 heteroatoms. The molecule has 2 nitrogen and oxygen atoms in total. The van der Waals surface area contributed by atoms with E-state index in [4.69, 9.17) is 0 Å². The fourth-order valence-electron chi connectivity index (χ4n) is 1.43. The van der Waals surface area contributed by atoms with E-state index in [0.29, 0.717) is 12.1 Å². The van der Waals surface area contributed by atoms with Gasteiger partial charge in [-0.05, 0) is 42.0 Å². The summed E-state index contributed by atoms with van der Waals surface area (Å²) < 4.78 is 13.7. The predicted octanol–water partition coefficient (Wildman–Crippen LogP) is 3.32. The minimum absolute atomic E-state index is 0.266. The lowest BCUT2D eigenvalue weighted by molar-refractivity contribution is 0.0950. The minimum Gasteiger partial charge on any atom is -0.348 e. The van der Waals surface area contributed by atoms with E-state index >= 15 is 0 Å². The summed E-state index contributed by atoms with van der Waals surface area (Å²) in [6.07, 6.45) is 0. The maximum absolute atomic E-state index is 12.7. The molecule has 1 amide bonds. The molecule has 0 saturated carbocycles. The lowest BCUT2D eigenvalue weighted by Gasteiger charge is -2.05. The van der Waals surface area contributed by atoms with Gasteiger partial charge >= 0.3 is 0 Å². The van der Waals surface area contributed by atoms with Gasteiger partial charge in [0.1, 0.15) is 5.82 Å². The summed E-state index contributed by atoms with van der Waals surface area (Å²) in [6, 6.07) is 14.0. The summed E-state index contributed by atoms with van der Waals surface area (Å²) in [5.74, 6) is -0.669. The summed E-state index contributed by atoms with van der Waals surface area (Å²) >= 11 is 3.34. The van der Waals surface area contributed by atoms with Crippen molar-refractivity contribution in [2.45, 2.75) is 6.54 Å². The van der Waals surface area contributed by atoms with Crippen LogP contribution in [0.15, 0.2) is 46.9 Å². The number of nitrogens with one attached hydrogen (secondary N) is 1. The number of hydrogen-bond donors (Lipinski definition) is 1. The molecular formula is C14H10BrFNO. The summed E-state index contributed by atoms with van der Waals surface area (Å²) in [5, 5.41) is 2.75. The monoisotopic (exact) mass is 306 g/mol. The van der Waals surface area contributed by atoms with Crippen LogP contribution in [-0.2, 0) is 6.54 Å². The zero-order valence-corrected chi connectivity index (χ0v) is 11.0. The first-order valence-corrected chi connectivity index (χ1v) is 6.14. The average molecular weight is 307 g/mol. The van der Waals surface area contributed by atoms with Gasteiger partial charge < -0.3 is 5.32 Å². The third-order valence-corrected chi connectivity index (χ3v) is 2.91. The molecule has 0 fully saturated rings. The molecule has 0 bridgehead atoms. The van der Waals surface area contributed by atoms with E-state index in [1.807, 2.05) is 24.3 Å². The molecule has 18 heavy (non-hydrogen) atoms. The van der Waals surface area contributed by atoms with Crippen molar-refractivity contribution in [2.75, 3.05) is 0 Å². The van der Waals surface area contributed by atoms with E-state index in [1.54, 1.807) is 0 Å². The summed E-state index contributed by atoms with van der Waals surface area (Å²) in [4.78, 5) is 11.7. The lowest BCUT2D eigenvalue weighted by Crippen LogP contribution is -2.22. The first kappa shape index (κ1) is 12.8. The van der Waals surface area contributed by atoms with Crippen molar-refractivity contribution in [3.8, 4) is 0 Å².